The maximum absolute atomic E-state index is 12.6. The molecule has 3 rings (SSSR count). The van der Waals surface area contributed by atoms with Crippen molar-refractivity contribution < 1.29 is 24.0 Å². The number of quaternary nitrogens is 1. The monoisotopic (exact) mass is 398 g/mol. The highest BCUT2D eigenvalue weighted by molar-refractivity contribution is 5.92. The smallest absolute Gasteiger partial charge is 0.279 e. The van der Waals surface area contributed by atoms with E-state index >= 15 is 0 Å². The van der Waals surface area contributed by atoms with Crippen LogP contribution in [0.5, 0.6) is 11.5 Å². The Bertz CT molecular complexity index is 867. The Balaban J connectivity index is 1.66. The summed E-state index contributed by atoms with van der Waals surface area (Å²) in [6, 6.07) is 13.1. The van der Waals surface area contributed by atoms with Gasteiger partial charge in [-0.05, 0) is 42.5 Å². The Hall–Kier alpha value is -3.06. The molecule has 2 aromatic rings. The summed E-state index contributed by atoms with van der Waals surface area (Å²) in [5.74, 6) is 1.44. The van der Waals surface area contributed by atoms with Gasteiger partial charge in [0.15, 0.2) is 6.54 Å². The van der Waals surface area contributed by atoms with Gasteiger partial charge in [-0.15, -0.1) is 0 Å². The molecule has 7 nitrogen and oxygen atoms in total. The largest absolute Gasteiger partial charge is 0.497 e. The van der Waals surface area contributed by atoms with E-state index in [1.807, 2.05) is 18.2 Å². The lowest BCUT2D eigenvalue weighted by atomic mass is 10.0. The molecule has 1 aliphatic rings. The van der Waals surface area contributed by atoms with E-state index in [-0.39, 0.29) is 17.9 Å². The van der Waals surface area contributed by atoms with E-state index in [0.717, 1.165) is 36.4 Å². The van der Waals surface area contributed by atoms with Crippen LogP contribution in [0.3, 0.4) is 0 Å². The number of benzene rings is 2. The zero-order chi connectivity index (χ0) is 20.8. The molecule has 2 atom stereocenters. The molecule has 2 aromatic carbocycles. The fraction of sp³-hybridized carbons (Fsp3) is 0.364. The van der Waals surface area contributed by atoms with Crippen LogP contribution < -0.4 is 25.0 Å². The summed E-state index contributed by atoms with van der Waals surface area (Å²) in [6.45, 7) is 2.76. The number of carbonyl (C=O) groups excluding carboxylic acids is 2. The summed E-state index contributed by atoms with van der Waals surface area (Å²) in [5.41, 5.74) is 2.48. The molecule has 3 N–H and O–H groups in total. The van der Waals surface area contributed by atoms with Crippen molar-refractivity contribution in [3.63, 3.8) is 0 Å². The normalized spacial score (nSPS) is 18.2. The number of anilines is 2. The van der Waals surface area contributed by atoms with Gasteiger partial charge in [-0.2, -0.15) is 0 Å². The van der Waals surface area contributed by atoms with Crippen molar-refractivity contribution in [2.75, 3.05) is 37.9 Å². The van der Waals surface area contributed by atoms with E-state index in [0.29, 0.717) is 17.9 Å². The number of rotatable bonds is 7. The molecule has 0 bridgehead atoms. The van der Waals surface area contributed by atoms with Gasteiger partial charge in [0.25, 0.3) is 5.91 Å². The van der Waals surface area contributed by atoms with E-state index in [1.165, 1.54) is 11.8 Å². The first-order valence-corrected chi connectivity index (χ1v) is 9.74. The van der Waals surface area contributed by atoms with Gasteiger partial charge in [0.2, 0.25) is 5.91 Å². The summed E-state index contributed by atoms with van der Waals surface area (Å²) < 4.78 is 10.9. The van der Waals surface area contributed by atoms with Crippen molar-refractivity contribution in [2.45, 2.75) is 25.8 Å². The third-order valence-electron chi connectivity index (χ3n) is 5.17. The van der Waals surface area contributed by atoms with Gasteiger partial charge >= 0.3 is 0 Å². The minimum absolute atomic E-state index is 0.0407. The Kier molecular flexibility index (Phi) is 6.72. The average molecular weight is 398 g/mol. The Morgan fingerprint density at radius 3 is 2.34 bits per heavy atom. The number of hydrogen-bond acceptors (Lipinski definition) is 4. The topological polar surface area (TPSA) is 81.1 Å². The molecule has 0 spiro atoms. The SMILES string of the molecule is COc1ccc(OC)c([C@H]2CCC[NH+]2CC(=O)Nc2ccc(NC(C)=O)cc2)c1. The van der Waals surface area contributed by atoms with Gasteiger partial charge in [0.1, 0.15) is 17.5 Å². The van der Waals surface area contributed by atoms with Crippen molar-refractivity contribution in [3.05, 3.63) is 48.0 Å². The summed E-state index contributed by atoms with van der Waals surface area (Å²) in [6.07, 6.45) is 2.05. The second-order valence-electron chi connectivity index (χ2n) is 7.19. The average Bonchev–Trinajstić information content (AvgIpc) is 3.16. The molecule has 154 valence electrons. The number of amides is 2. The fourth-order valence-corrected chi connectivity index (χ4v) is 3.86. The van der Waals surface area contributed by atoms with Crippen molar-refractivity contribution in [1.29, 1.82) is 0 Å². The number of methoxy groups -OCH3 is 2. The van der Waals surface area contributed by atoms with Crippen LogP contribution in [0.15, 0.2) is 42.5 Å². The minimum Gasteiger partial charge on any atom is -0.497 e. The van der Waals surface area contributed by atoms with Gasteiger partial charge in [-0.3, -0.25) is 9.59 Å². The van der Waals surface area contributed by atoms with Crippen LogP contribution in [0.4, 0.5) is 11.4 Å². The van der Waals surface area contributed by atoms with Crippen LogP contribution in [0.2, 0.25) is 0 Å². The molecule has 29 heavy (non-hydrogen) atoms. The lowest BCUT2D eigenvalue weighted by Gasteiger charge is -2.23. The van der Waals surface area contributed by atoms with E-state index < -0.39 is 0 Å². The lowest BCUT2D eigenvalue weighted by Crippen LogP contribution is -3.11. The molecule has 7 heteroatoms. The predicted molar refractivity (Wildman–Crippen MR) is 112 cm³/mol. The van der Waals surface area contributed by atoms with E-state index in [2.05, 4.69) is 10.6 Å². The summed E-state index contributed by atoms with van der Waals surface area (Å²) in [7, 11) is 3.31. The van der Waals surface area contributed by atoms with Crippen molar-refractivity contribution in [3.8, 4) is 11.5 Å². The third kappa shape index (κ3) is 5.26. The molecule has 1 fully saturated rings. The number of hydrogen-bond donors (Lipinski definition) is 3. The maximum Gasteiger partial charge on any atom is 0.279 e. The standard InChI is InChI=1S/C22H27N3O4/c1-15(26)23-16-6-8-17(9-7-16)24-22(27)14-25-12-4-5-20(25)19-13-18(28-2)10-11-21(19)29-3/h6-11,13,20H,4-5,12,14H2,1-3H3,(H,23,26)(H,24,27)/p+1/t20-/m1/s1. The Morgan fingerprint density at radius 2 is 1.72 bits per heavy atom. The number of nitrogens with one attached hydrogen (secondary N) is 3. The van der Waals surface area contributed by atoms with Gasteiger partial charge in [-0.25, -0.2) is 0 Å². The predicted octanol–water partition coefficient (Wildman–Crippen LogP) is 2.02. The van der Waals surface area contributed by atoms with E-state index in [9.17, 15) is 9.59 Å². The molecule has 0 aliphatic carbocycles. The van der Waals surface area contributed by atoms with Crippen LogP contribution in [0.25, 0.3) is 0 Å². The minimum atomic E-state index is -0.126. The molecule has 1 saturated heterocycles. The van der Waals surface area contributed by atoms with Gasteiger partial charge in [0.05, 0.1) is 26.3 Å². The second kappa shape index (κ2) is 9.43. The van der Waals surface area contributed by atoms with Crippen LogP contribution in [-0.2, 0) is 9.59 Å². The van der Waals surface area contributed by atoms with Crippen molar-refractivity contribution in [1.82, 2.24) is 0 Å². The van der Waals surface area contributed by atoms with Crippen LogP contribution in [0.1, 0.15) is 31.4 Å². The molecular formula is C22H28N3O4+. The third-order valence-corrected chi connectivity index (χ3v) is 5.17. The van der Waals surface area contributed by atoms with Crippen LogP contribution in [-0.4, -0.2) is 39.1 Å². The molecule has 1 unspecified atom stereocenters. The lowest BCUT2D eigenvalue weighted by molar-refractivity contribution is -0.910. The molecule has 0 saturated carbocycles. The van der Waals surface area contributed by atoms with Gasteiger partial charge in [0, 0.05) is 31.1 Å². The van der Waals surface area contributed by atoms with Crippen molar-refractivity contribution >= 4 is 23.2 Å². The highest BCUT2D eigenvalue weighted by Crippen LogP contribution is 2.31. The highest BCUT2D eigenvalue weighted by atomic mass is 16.5. The zero-order valence-corrected chi connectivity index (χ0v) is 17.1. The Labute approximate surface area is 171 Å². The summed E-state index contributed by atoms with van der Waals surface area (Å²) in [5, 5.41) is 5.65. The maximum atomic E-state index is 12.6. The summed E-state index contributed by atoms with van der Waals surface area (Å²) >= 11 is 0. The second-order valence-corrected chi connectivity index (χ2v) is 7.19. The molecule has 0 aromatic heterocycles. The van der Waals surface area contributed by atoms with Crippen LogP contribution in [0, 0.1) is 0 Å². The first kappa shape index (κ1) is 20.7. The summed E-state index contributed by atoms with van der Waals surface area (Å²) in [4.78, 5) is 24.9. The fourth-order valence-electron chi connectivity index (χ4n) is 3.86. The molecule has 1 aliphatic heterocycles. The Morgan fingerprint density at radius 1 is 1.03 bits per heavy atom. The van der Waals surface area contributed by atoms with Crippen LogP contribution >= 0.6 is 0 Å². The number of likely N-dealkylation sites (tertiary alicyclic amines) is 1. The first-order valence-electron chi connectivity index (χ1n) is 9.74. The number of ether oxygens (including phenoxy) is 2. The number of carbonyl (C=O) groups is 2. The quantitative estimate of drug-likeness (QED) is 0.667. The van der Waals surface area contributed by atoms with Crippen molar-refractivity contribution in [2.24, 2.45) is 0 Å². The molecular weight excluding hydrogens is 370 g/mol. The molecule has 0 radical (unpaired) electrons. The van der Waals surface area contributed by atoms with E-state index in [1.54, 1.807) is 38.5 Å². The zero-order valence-electron chi connectivity index (χ0n) is 17.1. The van der Waals surface area contributed by atoms with Gasteiger partial charge in [-0.1, -0.05) is 0 Å². The first-order chi connectivity index (χ1) is 14.0. The molecule has 1 heterocycles. The highest BCUT2D eigenvalue weighted by Gasteiger charge is 2.34. The van der Waals surface area contributed by atoms with E-state index in [4.69, 9.17) is 9.47 Å². The molecule has 2 amide bonds. The van der Waals surface area contributed by atoms with Gasteiger partial charge < -0.3 is 25.0 Å².